The molecule has 0 aromatic heterocycles. The van der Waals surface area contributed by atoms with Crippen LogP contribution in [-0.2, 0) is 0 Å². The van der Waals surface area contributed by atoms with Gasteiger partial charge in [-0.1, -0.05) is 11.6 Å². The average Bonchev–Trinajstić information content (AvgIpc) is 1.98. The molecular formula is C8H9ClNO. The summed E-state index contributed by atoms with van der Waals surface area (Å²) in [5.41, 5.74) is 6.92. The Hall–Kier alpha value is -0.730. The van der Waals surface area contributed by atoms with Gasteiger partial charge in [-0.2, -0.15) is 0 Å². The normalized spacial score (nSPS) is 10.0. The third-order valence-corrected chi connectivity index (χ3v) is 1.68. The van der Waals surface area contributed by atoms with Gasteiger partial charge in [0.25, 0.3) is 0 Å². The Kier molecular flexibility index (Phi) is 2.74. The van der Waals surface area contributed by atoms with Crippen molar-refractivity contribution >= 4 is 17.3 Å². The summed E-state index contributed by atoms with van der Waals surface area (Å²) >= 11 is 5.78. The van der Waals surface area contributed by atoms with E-state index in [9.17, 15) is 0 Å². The molecule has 0 heterocycles. The van der Waals surface area contributed by atoms with Crippen molar-refractivity contribution in [2.24, 2.45) is 0 Å². The van der Waals surface area contributed by atoms with Crippen LogP contribution in [0.15, 0.2) is 18.2 Å². The molecule has 0 fully saturated rings. The number of aliphatic hydroxyl groups is 1. The lowest BCUT2D eigenvalue weighted by atomic mass is 10.1. The molecule has 1 radical (unpaired) electrons. The van der Waals surface area contributed by atoms with Crippen molar-refractivity contribution in [1.29, 1.82) is 0 Å². The van der Waals surface area contributed by atoms with Crippen LogP contribution in [0.4, 0.5) is 5.69 Å². The zero-order valence-corrected chi connectivity index (χ0v) is 6.67. The number of hydrogen-bond donors (Lipinski definition) is 2. The molecule has 11 heavy (non-hydrogen) atoms. The molecule has 1 rings (SSSR count). The van der Waals surface area contributed by atoms with Crippen LogP contribution >= 0.6 is 11.6 Å². The lowest BCUT2D eigenvalue weighted by Gasteiger charge is -2.01. The van der Waals surface area contributed by atoms with Gasteiger partial charge in [-0.15, -0.1) is 0 Å². The Balaban J connectivity index is 2.93. The number of rotatable bonds is 2. The quantitative estimate of drug-likeness (QED) is 0.661. The molecule has 0 amide bonds. The second kappa shape index (κ2) is 3.60. The summed E-state index contributed by atoms with van der Waals surface area (Å²) in [5.74, 6) is 0. The van der Waals surface area contributed by atoms with Gasteiger partial charge in [0, 0.05) is 17.1 Å². The van der Waals surface area contributed by atoms with Crippen molar-refractivity contribution in [1.82, 2.24) is 0 Å². The standard InChI is InChI=1S/C8H9ClNO/c9-8-2-1-7(10)5-6(8)3-4-11/h1-3,5,11H,4,10H2. The highest BCUT2D eigenvalue weighted by Gasteiger charge is 1.99. The van der Waals surface area contributed by atoms with Crippen LogP contribution in [0.1, 0.15) is 5.56 Å². The Morgan fingerprint density at radius 3 is 2.91 bits per heavy atom. The summed E-state index contributed by atoms with van der Waals surface area (Å²) in [5, 5.41) is 9.18. The maximum atomic E-state index is 8.58. The summed E-state index contributed by atoms with van der Waals surface area (Å²) in [6.07, 6.45) is 1.61. The fraction of sp³-hybridized carbons (Fsp3) is 0.125. The minimum absolute atomic E-state index is 0.0246. The molecule has 0 aliphatic carbocycles. The van der Waals surface area contributed by atoms with E-state index in [1.807, 2.05) is 0 Å². The molecule has 1 aromatic carbocycles. The van der Waals surface area contributed by atoms with Gasteiger partial charge in [0.1, 0.15) is 0 Å². The molecular weight excluding hydrogens is 162 g/mol. The van der Waals surface area contributed by atoms with E-state index in [4.69, 9.17) is 22.4 Å². The molecule has 1 aromatic rings. The van der Waals surface area contributed by atoms with Gasteiger partial charge in [0.2, 0.25) is 0 Å². The predicted octanol–water partition coefficient (Wildman–Crippen LogP) is 1.47. The van der Waals surface area contributed by atoms with Crippen LogP contribution in [-0.4, -0.2) is 11.7 Å². The number of benzene rings is 1. The van der Waals surface area contributed by atoms with Crippen molar-refractivity contribution in [2.45, 2.75) is 0 Å². The van der Waals surface area contributed by atoms with Gasteiger partial charge in [-0.3, -0.25) is 0 Å². The smallest absolute Gasteiger partial charge is 0.0507 e. The zero-order valence-electron chi connectivity index (χ0n) is 5.92. The number of nitrogens with two attached hydrogens (primary N) is 1. The Bertz CT molecular complexity index is 250. The molecule has 0 bridgehead atoms. The minimum atomic E-state index is -0.0246. The lowest BCUT2D eigenvalue weighted by Crippen LogP contribution is -1.91. The minimum Gasteiger partial charge on any atom is -0.399 e. The first-order chi connectivity index (χ1) is 5.24. The van der Waals surface area contributed by atoms with Crippen molar-refractivity contribution in [2.75, 3.05) is 12.3 Å². The van der Waals surface area contributed by atoms with E-state index < -0.39 is 0 Å². The maximum absolute atomic E-state index is 8.58. The molecule has 59 valence electrons. The molecule has 0 aliphatic rings. The largest absolute Gasteiger partial charge is 0.399 e. The van der Waals surface area contributed by atoms with E-state index in [-0.39, 0.29) is 6.61 Å². The van der Waals surface area contributed by atoms with Crippen molar-refractivity contribution in [3.63, 3.8) is 0 Å². The van der Waals surface area contributed by atoms with Gasteiger partial charge in [-0.05, 0) is 23.8 Å². The zero-order chi connectivity index (χ0) is 8.27. The Morgan fingerprint density at radius 2 is 2.27 bits per heavy atom. The van der Waals surface area contributed by atoms with Crippen LogP contribution in [0.25, 0.3) is 0 Å². The summed E-state index contributed by atoms with van der Waals surface area (Å²) in [7, 11) is 0. The van der Waals surface area contributed by atoms with E-state index in [2.05, 4.69) is 0 Å². The fourth-order valence-corrected chi connectivity index (χ4v) is 1.01. The third kappa shape index (κ3) is 2.10. The van der Waals surface area contributed by atoms with Crippen LogP contribution in [0.2, 0.25) is 5.02 Å². The van der Waals surface area contributed by atoms with E-state index in [1.165, 1.54) is 0 Å². The third-order valence-electron chi connectivity index (χ3n) is 1.33. The van der Waals surface area contributed by atoms with Gasteiger partial charge in [-0.25, -0.2) is 0 Å². The van der Waals surface area contributed by atoms with Gasteiger partial charge in [0.05, 0.1) is 6.61 Å². The summed E-state index contributed by atoms with van der Waals surface area (Å²) < 4.78 is 0. The molecule has 0 saturated carbocycles. The van der Waals surface area contributed by atoms with Gasteiger partial charge >= 0.3 is 0 Å². The first kappa shape index (κ1) is 8.37. The molecule has 3 heteroatoms. The van der Waals surface area contributed by atoms with Crippen LogP contribution in [0.3, 0.4) is 0 Å². The van der Waals surface area contributed by atoms with Gasteiger partial charge in [0.15, 0.2) is 0 Å². The second-order valence-electron chi connectivity index (χ2n) is 2.17. The number of halogens is 1. The highest BCUT2D eigenvalue weighted by atomic mass is 35.5. The SMILES string of the molecule is Nc1ccc(Cl)c([CH]CO)c1. The number of nitrogen functional groups attached to an aromatic ring is 1. The lowest BCUT2D eigenvalue weighted by molar-refractivity contribution is 0.331. The first-order valence-corrected chi connectivity index (χ1v) is 3.61. The second-order valence-corrected chi connectivity index (χ2v) is 2.57. The summed E-state index contributed by atoms with van der Waals surface area (Å²) in [6, 6.07) is 5.15. The fourth-order valence-electron chi connectivity index (χ4n) is 0.817. The van der Waals surface area contributed by atoms with Crippen LogP contribution < -0.4 is 5.73 Å². The first-order valence-electron chi connectivity index (χ1n) is 3.23. The molecule has 3 N–H and O–H groups in total. The van der Waals surface area contributed by atoms with Crippen molar-refractivity contribution in [3.8, 4) is 0 Å². The van der Waals surface area contributed by atoms with Crippen molar-refractivity contribution < 1.29 is 5.11 Å². The number of aliphatic hydroxyl groups excluding tert-OH is 1. The number of hydrogen-bond acceptors (Lipinski definition) is 2. The van der Waals surface area contributed by atoms with Crippen LogP contribution in [0, 0.1) is 6.42 Å². The van der Waals surface area contributed by atoms with Crippen molar-refractivity contribution in [3.05, 3.63) is 35.2 Å². The Morgan fingerprint density at radius 1 is 1.55 bits per heavy atom. The summed E-state index contributed by atoms with van der Waals surface area (Å²) in [6.45, 7) is -0.0246. The molecule has 0 aliphatic heterocycles. The number of anilines is 1. The van der Waals surface area contributed by atoms with Crippen LogP contribution in [0.5, 0.6) is 0 Å². The molecule has 0 saturated heterocycles. The monoisotopic (exact) mass is 170 g/mol. The highest BCUT2D eigenvalue weighted by Crippen LogP contribution is 2.19. The van der Waals surface area contributed by atoms with E-state index in [0.29, 0.717) is 10.7 Å². The molecule has 0 atom stereocenters. The Labute approximate surface area is 70.6 Å². The summed E-state index contributed by atoms with van der Waals surface area (Å²) in [4.78, 5) is 0. The van der Waals surface area contributed by atoms with Gasteiger partial charge < -0.3 is 10.8 Å². The highest BCUT2D eigenvalue weighted by molar-refractivity contribution is 6.31. The maximum Gasteiger partial charge on any atom is 0.0507 e. The average molecular weight is 171 g/mol. The molecule has 0 unspecified atom stereocenters. The molecule has 0 spiro atoms. The predicted molar refractivity (Wildman–Crippen MR) is 46.4 cm³/mol. The topological polar surface area (TPSA) is 46.2 Å². The van der Waals surface area contributed by atoms with E-state index in [1.54, 1.807) is 24.6 Å². The van der Waals surface area contributed by atoms with E-state index in [0.717, 1.165) is 5.56 Å². The molecule has 2 nitrogen and oxygen atoms in total. The van der Waals surface area contributed by atoms with E-state index >= 15 is 0 Å².